The van der Waals surface area contributed by atoms with Crippen LogP contribution in [0.2, 0.25) is 0 Å². The van der Waals surface area contributed by atoms with Crippen molar-refractivity contribution in [2.75, 3.05) is 19.4 Å². The van der Waals surface area contributed by atoms with Crippen molar-refractivity contribution in [1.29, 1.82) is 0 Å². The lowest BCUT2D eigenvalue weighted by Crippen LogP contribution is -2.30. The van der Waals surface area contributed by atoms with E-state index in [4.69, 9.17) is 9.26 Å². The van der Waals surface area contributed by atoms with Gasteiger partial charge in [0.25, 0.3) is 5.91 Å². The molecule has 1 aromatic carbocycles. The number of carbonyl (C=O) groups is 2. The average Bonchev–Trinajstić information content (AvgIpc) is 2.99. The van der Waals surface area contributed by atoms with Gasteiger partial charge in [0.1, 0.15) is 5.76 Å². The maximum atomic E-state index is 12.2. The molecule has 0 radical (unpaired) electrons. The highest BCUT2D eigenvalue weighted by Crippen LogP contribution is 2.16. The molecule has 1 amide bonds. The van der Waals surface area contributed by atoms with Gasteiger partial charge in [-0.15, -0.1) is 0 Å². The fraction of sp³-hybridized carbons (Fsp3) is 0.312. The number of esters is 1. The summed E-state index contributed by atoms with van der Waals surface area (Å²) in [5, 5.41) is 6.06. The van der Waals surface area contributed by atoms with Gasteiger partial charge in [-0.3, -0.25) is 4.79 Å². The summed E-state index contributed by atoms with van der Waals surface area (Å²) in [4.78, 5) is 24.2. The van der Waals surface area contributed by atoms with E-state index in [0.717, 1.165) is 4.31 Å². The second-order valence-corrected chi connectivity index (χ2v) is 7.83. The number of aryl methyl sites for hydroxylation is 1. The Kier molecular flexibility index (Phi) is 5.78. The summed E-state index contributed by atoms with van der Waals surface area (Å²) in [6.45, 7) is 3.06. The summed E-state index contributed by atoms with van der Waals surface area (Å²) < 4.78 is 35.2. The molecular weight excluding hydrogens is 362 g/mol. The summed E-state index contributed by atoms with van der Waals surface area (Å²) >= 11 is 0. The van der Waals surface area contributed by atoms with Crippen LogP contribution in [0.3, 0.4) is 0 Å². The number of nitrogens with zero attached hydrogens (tertiary/aromatic N) is 2. The van der Waals surface area contributed by atoms with Gasteiger partial charge in [0.05, 0.1) is 10.5 Å². The molecule has 0 aliphatic rings. The summed E-state index contributed by atoms with van der Waals surface area (Å²) in [5.74, 6) is -0.693. The number of nitrogens with one attached hydrogen (secondary N) is 1. The molecule has 9 nitrogen and oxygen atoms in total. The van der Waals surface area contributed by atoms with Crippen LogP contribution in [0.1, 0.15) is 23.0 Å². The van der Waals surface area contributed by atoms with Crippen molar-refractivity contribution in [2.24, 2.45) is 0 Å². The molecule has 0 aliphatic carbocycles. The Morgan fingerprint density at radius 1 is 1.27 bits per heavy atom. The first kappa shape index (κ1) is 19.6. The molecule has 0 unspecified atom stereocenters. The van der Waals surface area contributed by atoms with E-state index < -0.39 is 28.0 Å². The lowest BCUT2D eigenvalue weighted by Gasteiger charge is -2.14. The van der Waals surface area contributed by atoms with Crippen LogP contribution in [-0.4, -0.2) is 50.0 Å². The van der Waals surface area contributed by atoms with Crippen LogP contribution in [0, 0.1) is 6.92 Å². The van der Waals surface area contributed by atoms with Gasteiger partial charge in [-0.2, -0.15) is 0 Å². The minimum Gasteiger partial charge on any atom is -0.449 e. The van der Waals surface area contributed by atoms with E-state index in [-0.39, 0.29) is 16.3 Å². The summed E-state index contributed by atoms with van der Waals surface area (Å²) in [7, 11) is -0.914. The Morgan fingerprint density at radius 3 is 2.54 bits per heavy atom. The standard InChI is InChI=1S/C16H19N3O6S/c1-10-8-14(18-25-10)17-15(20)11(2)24-16(21)12-6-5-7-13(9-12)26(22,23)19(3)4/h5-9,11H,1-4H3,(H,17,18,20)/t11-/m1/s1. The molecule has 0 bridgehead atoms. The van der Waals surface area contributed by atoms with Crippen molar-refractivity contribution in [3.63, 3.8) is 0 Å². The largest absolute Gasteiger partial charge is 0.449 e. The zero-order valence-corrected chi connectivity index (χ0v) is 15.5. The highest BCUT2D eigenvalue weighted by Gasteiger charge is 2.22. The second-order valence-electron chi connectivity index (χ2n) is 5.67. The van der Waals surface area contributed by atoms with Gasteiger partial charge in [0.15, 0.2) is 11.9 Å². The molecule has 1 aromatic heterocycles. The minimum absolute atomic E-state index is 0.0184. The third-order valence-corrected chi connectivity index (χ3v) is 5.19. The third kappa shape index (κ3) is 4.46. The molecule has 0 spiro atoms. The number of benzene rings is 1. The molecule has 1 heterocycles. The molecule has 1 N–H and O–H groups in total. The lowest BCUT2D eigenvalue weighted by atomic mass is 10.2. The first-order valence-electron chi connectivity index (χ1n) is 7.59. The van der Waals surface area contributed by atoms with Crippen molar-refractivity contribution >= 4 is 27.7 Å². The van der Waals surface area contributed by atoms with Gasteiger partial charge in [-0.1, -0.05) is 11.2 Å². The smallest absolute Gasteiger partial charge is 0.338 e. The third-order valence-electron chi connectivity index (χ3n) is 3.38. The van der Waals surface area contributed by atoms with Crippen LogP contribution in [0.4, 0.5) is 5.82 Å². The molecule has 0 saturated heterocycles. The van der Waals surface area contributed by atoms with E-state index in [1.54, 1.807) is 6.92 Å². The van der Waals surface area contributed by atoms with Crippen molar-refractivity contribution in [1.82, 2.24) is 9.46 Å². The number of ether oxygens (including phenoxy) is 1. The molecule has 1 atom stereocenters. The lowest BCUT2D eigenvalue weighted by molar-refractivity contribution is -0.123. The van der Waals surface area contributed by atoms with Crippen molar-refractivity contribution < 1.29 is 27.3 Å². The number of carbonyl (C=O) groups excluding carboxylic acids is 2. The normalized spacial score (nSPS) is 12.7. The molecule has 26 heavy (non-hydrogen) atoms. The molecule has 0 fully saturated rings. The zero-order chi connectivity index (χ0) is 19.5. The first-order chi connectivity index (χ1) is 12.1. The summed E-state index contributed by atoms with van der Waals surface area (Å²) in [5.41, 5.74) is 0.0184. The van der Waals surface area contributed by atoms with Crippen LogP contribution in [0.15, 0.2) is 39.8 Å². The van der Waals surface area contributed by atoms with E-state index >= 15 is 0 Å². The Balaban J connectivity index is 2.08. The molecule has 0 aliphatic heterocycles. The van der Waals surface area contributed by atoms with E-state index in [0.29, 0.717) is 5.76 Å². The van der Waals surface area contributed by atoms with E-state index in [9.17, 15) is 18.0 Å². The van der Waals surface area contributed by atoms with E-state index in [1.165, 1.54) is 51.4 Å². The molecule has 0 saturated carbocycles. The zero-order valence-electron chi connectivity index (χ0n) is 14.7. The number of hydrogen-bond acceptors (Lipinski definition) is 7. The fourth-order valence-electron chi connectivity index (χ4n) is 1.93. The second kappa shape index (κ2) is 7.67. The van der Waals surface area contributed by atoms with E-state index in [1.807, 2.05) is 0 Å². The van der Waals surface area contributed by atoms with Crippen LogP contribution >= 0.6 is 0 Å². The Morgan fingerprint density at radius 2 is 1.96 bits per heavy atom. The van der Waals surface area contributed by atoms with Gasteiger partial charge >= 0.3 is 5.97 Å². The number of sulfonamides is 1. The molecule has 2 rings (SSSR count). The van der Waals surface area contributed by atoms with Crippen LogP contribution in [0.5, 0.6) is 0 Å². The van der Waals surface area contributed by atoms with Gasteiger partial charge in [0, 0.05) is 20.2 Å². The fourth-order valence-corrected chi connectivity index (χ4v) is 2.88. The first-order valence-corrected chi connectivity index (χ1v) is 9.03. The van der Waals surface area contributed by atoms with Gasteiger partial charge < -0.3 is 14.6 Å². The predicted molar refractivity (Wildman–Crippen MR) is 92.1 cm³/mol. The summed E-state index contributed by atoms with van der Waals surface area (Å²) in [6, 6.07) is 6.92. The van der Waals surface area contributed by atoms with Gasteiger partial charge in [-0.05, 0) is 32.0 Å². The summed E-state index contributed by atoms with van der Waals surface area (Å²) in [6.07, 6.45) is -1.12. The Hall–Kier alpha value is -2.72. The van der Waals surface area contributed by atoms with Crippen LogP contribution < -0.4 is 5.32 Å². The van der Waals surface area contributed by atoms with Crippen LogP contribution in [-0.2, 0) is 19.6 Å². The van der Waals surface area contributed by atoms with Crippen molar-refractivity contribution in [3.05, 3.63) is 41.7 Å². The number of anilines is 1. The predicted octanol–water partition coefficient (Wildman–Crippen LogP) is 1.42. The van der Waals surface area contributed by atoms with E-state index in [2.05, 4.69) is 10.5 Å². The maximum absolute atomic E-state index is 12.2. The Bertz CT molecular complexity index is 920. The maximum Gasteiger partial charge on any atom is 0.338 e. The Labute approximate surface area is 151 Å². The number of hydrogen-bond donors (Lipinski definition) is 1. The molecular formula is C16H19N3O6S. The molecule has 2 aromatic rings. The number of aromatic nitrogens is 1. The van der Waals surface area contributed by atoms with Crippen molar-refractivity contribution in [3.8, 4) is 0 Å². The average molecular weight is 381 g/mol. The quantitative estimate of drug-likeness (QED) is 0.752. The van der Waals surface area contributed by atoms with Gasteiger partial charge in [0.2, 0.25) is 10.0 Å². The molecule has 140 valence electrons. The number of amides is 1. The van der Waals surface area contributed by atoms with Crippen LogP contribution in [0.25, 0.3) is 0 Å². The monoisotopic (exact) mass is 381 g/mol. The van der Waals surface area contributed by atoms with Gasteiger partial charge in [-0.25, -0.2) is 17.5 Å². The highest BCUT2D eigenvalue weighted by atomic mass is 32.2. The van der Waals surface area contributed by atoms with Crippen molar-refractivity contribution in [2.45, 2.75) is 24.8 Å². The SMILES string of the molecule is Cc1cc(NC(=O)[C@@H](C)OC(=O)c2cccc(S(=O)(=O)N(C)C)c2)no1. The number of rotatable bonds is 6. The highest BCUT2D eigenvalue weighted by molar-refractivity contribution is 7.89. The minimum atomic E-state index is -3.69. The molecule has 10 heteroatoms. The topological polar surface area (TPSA) is 119 Å².